The Hall–Kier alpha value is -5.75. The van der Waals surface area contributed by atoms with Gasteiger partial charge in [0, 0.05) is 39.4 Å². The molecule has 6 nitrogen and oxygen atoms in total. The quantitative estimate of drug-likeness (QED) is 0.171. The number of hydrogen-bond donors (Lipinski definition) is 1. The molecule has 1 aliphatic carbocycles. The van der Waals surface area contributed by atoms with Crippen LogP contribution in [0.5, 0.6) is 0 Å². The van der Waals surface area contributed by atoms with Gasteiger partial charge in [0.25, 0.3) is 0 Å². The Morgan fingerprint density at radius 2 is 1.21 bits per heavy atom. The summed E-state index contributed by atoms with van der Waals surface area (Å²) < 4.78 is 0. The third kappa shape index (κ3) is 7.92. The summed E-state index contributed by atoms with van der Waals surface area (Å²) in [5, 5.41) is 2.58. The van der Waals surface area contributed by atoms with Gasteiger partial charge in [-0.15, -0.1) is 0 Å². The van der Waals surface area contributed by atoms with Gasteiger partial charge in [-0.25, -0.2) is 4.98 Å². The fourth-order valence-corrected chi connectivity index (χ4v) is 6.43. The lowest BCUT2D eigenvalue weighted by Crippen LogP contribution is -2.16. The normalized spacial score (nSPS) is 11.9. The molecule has 7 aromatic rings. The van der Waals surface area contributed by atoms with Crippen LogP contribution in [0.25, 0.3) is 32.8 Å². The number of allylic oxidation sites excluding steroid dienone is 2. The highest BCUT2D eigenvalue weighted by molar-refractivity contribution is 6.24. The van der Waals surface area contributed by atoms with Crippen molar-refractivity contribution in [2.75, 3.05) is 0 Å². The van der Waals surface area contributed by atoms with Crippen molar-refractivity contribution in [2.45, 2.75) is 76.2 Å². The molecule has 264 valence electrons. The van der Waals surface area contributed by atoms with Crippen molar-refractivity contribution in [3.8, 4) is 0 Å². The molecule has 0 radical (unpaired) electrons. The van der Waals surface area contributed by atoms with E-state index in [4.69, 9.17) is 0 Å². The molecular formula is C46H48N4O2. The van der Waals surface area contributed by atoms with Crippen molar-refractivity contribution in [1.82, 2.24) is 19.9 Å². The first-order valence-electron chi connectivity index (χ1n) is 17.6. The van der Waals surface area contributed by atoms with Gasteiger partial charge >= 0.3 is 0 Å². The van der Waals surface area contributed by atoms with Crippen LogP contribution in [0.3, 0.4) is 0 Å². The second-order valence-corrected chi connectivity index (χ2v) is 13.8. The average molecular weight is 689 g/mol. The number of nitrogens with one attached hydrogen (secondary N) is 1. The first-order valence-corrected chi connectivity index (χ1v) is 17.6. The minimum absolute atomic E-state index is 0.0299. The van der Waals surface area contributed by atoms with Gasteiger partial charge in [-0.05, 0) is 145 Å². The second-order valence-electron chi connectivity index (χ2n) is 13.8. The van der Waals surface area contributed by atoms with Crippen LogP contribution in [-0.2, 0) is 0 Å². The van der Waals surface area contributed by atoms with Crippen LogP contribution in [0.1, 0.15) is 83.7 Å². The zero-order valence-electron chi connectivity index (χ0n) is 32.2. The Balaban J connectivity index is 0.000000134. The molecular weight excluding hydrogens is 641 g/mol. The molecule has 52 heavy (non-hydrogen) atoms. The van der Waals surface area contributed by atoms with E-state index in [1.165, 1.54) is 61.3 Å². The Labute approximate surface area is 307 Å². The summed E-state index contributed by atoms with van der Waals surface area (Å²) in [5.41, 5.74) is 17.1. The number of carbonyl (C=O) groups is 2. The summed E-state index contributed by atoms with van der Waals surface area (Å²) in [6.45, 7) is 22.4. The van der Waals surface area contributed by atoms with Gasteiger partial charge in [-0.1, -0.05) is 54.6 Å². The molecule has 1 aliphatic rings. The molecule has 0 bridgehead atoms. The predicted octanol–water partition coefficient (Wildman–Crippen LogP) is 11.1. The lowest BCUT2D eigenvalue weighted by molar-refractivity contribution is 0.0984. The van der Waals surface area contributed by atoms with Crippen LogP contribution in [0.4, 0.5) is 0 Å². The SMILES string of the molecule is CC1=CC(=O)c2cccc(C)c2C1=O.Cc1cc2c(C)cccc2nc1C.Cc1cnc2cccc(C)c2c1C.Cc1nc2c(C)ccc(C)c2[nH]1. The van der Waals surface area contributed by atoms with Gasteiger partial charge in [0.15, 0.2) is 11.6 Å². The van der Waals surface area contributed by atoms with E-state index in [-0.39, 0.29) is 11.6 Å². The van der Waals surface area contributed by atoms with E-state index in [1.807, 2.05) is 26.1 Å². The Kier molecular flexibility index (Phi) is 11.3. The summed E-state index contributed by atoms with van der Waals surface area (Å²) in [6, 6.07) is 24.3. The van der Waals surface area contributed by atoms with Gasteiger partial charge in [-0.2, -0.15) is 0 Å². The van der Waals surface area contributed by atoms with Crippen LogP contribution in [0.2, 0.25) is 0 Å². The molecule has 0 saturated heterocycles. The number of aromatic amines is 1. The molecule has 8 rings (SSSR count). The first kappa shape index (κ1) is 37.5. The predicted molar refractivity (Wildman–Crippen MR) is 216 cm³/mol. The molecule has 4 aromatic carbocycles. The monoisotopic (exact) mass is 688 g/mol. The van der Waals surface area contributed by atoms with Crippen molar-refractivity contribution in [3.63, 3.8) is 0 Å². The first-order chi connectivity index (χ1) is 24.7. The summed E-state index contributed by atoms with van der Waals surface area (Å²) >= 11 is 0. The summed E-state index contributed by atoms with van der Waals surface area (Å²) in [6.07, 6.45) is 3.35. The molecule has 6 heteroatoms. The van der Waals surface area contributed by atoms with Crippen LogP contribution in [0, 0.1) is 69.2 Å². The topological polar surface area (TPSA) is 88.6 Å². The lowest BCUT2D eigenvalue weighted by Gasteiger charge is -2.14. The number of hydrogen-bond acceptors (Lipinski definition) is 5. The van der Waals surface area contributed by atoms with Gasteiger partial charge in [0.2, 0.25) is 0 Å². The smallest absolute Gasteiger partial charge is 0.189 e. The molecule has 3 heterocycles. The van der Waals surface area contributed by atoms with Crippen LogP contribution in [0.15, 0.2) is 90.6 Å². The number of benzene rings is 4. The third-order valence-electron chi connectivity index (χ3n) is 9.78. The Bertz CT molecular complexity index is 2470. The maximum atomic E-state index is 11.8. The number of aromatic nitrogens is 4. The fourth-order valence-electron chi connectivity index (χ4n) is 6.43. The number of rotatable bonds is 0. The minimum atomic E-state index is -0.0687. The Morgan fingerprint density at radius 3 is 1.92 bits per heavy atom. The van der Waals surface area contributed by atoms with E-state index in [9.17, 15) is 9.59 Å². The zero-order chi connectivity index (χ0) is 37.9. The highest BCUT2D eigenvalue weighted by atomic mass is 16.1. The van der Waals surface area contributed by atoms with Gasteiger partial charge < -0.3 is 4.98 Å². The molecule has 0 atom stereocenters. The van der Waals surface area contributed by atoms with E-state index in [0.29, 0.717) is 16.7 Å². The van der Waals surface area contributed by atoms with Crippen LogP contribution in [-0.4, -0.2) is 31.5 Å². The second kappa shape index (κ2) is 15.6. The number of nitrogens with zero attached hydrogens (tertiary/aromatic N) is 3. The molecule has 1 N–H and O–H groups in total. The van der Waals surface area contributed by atoms with E-state index in [1.54, 1.807) is 19.1 Å². The van der Waals surface area contributed by atoms with Crippen molar-refractivity contribution in [1.29, 1.82) is 0 Å². The third-order valence-corrected chi connectivity index (χ3v) is 9.78. The molecule has 0 amide bonds. The standard InChI is InChI=1S/2C12H13N.C12H10O2.C10H12N2/c1-8-5-4-6-12-11(8)7-9(2)10(3)13-12;1-8-5-4-6-11-12(8)10(3)9(2)7-13-11;1-7-4-3-5-9-10(13)6-8(2)12(14)11(7)9;1-6-4-5-7(2)10-9(6)11-8(3)12-10/h2*4-7H,1-3H3;3-6H,1-2H3;4-5H,1-3H3,(H,11,12). The highest BCUT2D eigenvalue weighted by Crippen LogP contribution is 2.25. The average Bonchev–Trinajstić information content (AvgIpc) is 3.52. The maximum Gasteiger partial charge on any atom is 0.189 e. The van der Waals surface area contributed by atoms with Crippen molar-refractivity contribution < 1.29 is 9.59 Å². The molecule has 0 spiro atoms. The van der Waals surface area contributed by atoms with Crippen molar-refractivity contribution >= 4 is 44.4 Å². The van der Waals surface area contributed by atoms with Crippen molar-refractivity contribution in [2.24, 2.45) is 0 Å². The number of imidazole rings is 1. The maximum absolute atomic E-state index is 11.8. The van der Waals surface area contributed by atoms with Crippen LogP contribution < -0.4 is 0 Å². The number of fused-ring (bicyclic) bond motifs is 4. The number of pyridine rings is 2. The molecule has 0 unspecified atom stereocenters. The van der Waals surface area contributed by atoms with E-state index >= 15 is 0 Å². The van der Waals surface area contributed by atoms with Gasteiger partial charge in [0.1, 0.15) is 5.82 Å². The molecule has 0 saturated carbocycles. The number of H-pyrrole nitrogens is 1. The van der Waals surface area contributed by atoms with E-state index < -0.39 is 0 Å². The fraction of sp³-hybridized carbons (Fsp3) is 0.239. The summed E-state index contributed by atoms with van der Waals surface area (Å²) in [5.74, 6) is 0.890. The number of aryl methyl sites for hydroxylation is 10. The largest absolute Gasteiger partial charge is 0.342 e. The number of ketones is 2. The van der Waals surface area contributed by atoms with Crippen LogP contribution >= 0.6 is 0 Å². The summed E-state index contributed by atoms with van der Waals surface area (Å²) in [4.78, 5) is 39.9. The van der Waals surface area contributed by atoms with Gasteiger partial charge in [-0.3, -0.25) is 19.6 Å². The highest BCUT2D eigenvalue weighted by Gasteiger charge is 2.24. The van der Waals surface area contributed by atoms with Crippen molar-refractivity contribution in [3.05, 3.63) is 158 Å². The zero-order valence-corrected chi connectivity index (χ0v) is 32.2. The minimum Gasteiger partial charge on any atom is -0.342 e. The van der Waals surface area contributed by atoms with E-state index in [2.05, 4.69) is 130 Å². The number of Topliss-reactive ketones (excluding diaryl/α,β-unsaturated/α-hetero) is 1. The Morgan fingerprint density at radius 1 is 0.577 bits per heavy atom. The molecule has 3 aromatic heterocycles. The number of carbonyl (C=O) groups excluding carboxylic acids is 2. The molecule has 0 fully saturated rings. The van der Waals surface area contributed by atoms with E-state index in [0.717, 1.165) is 33.6 Å². The summed E-state index contributed by atoms with van der Waals surface area (Å²) in [7, 11) is 0. The lowest BCUT2D eigenvalue weighted by atomic mass is 9.87. The van der Waals surface area contributed by atoms with Gasteiger partial charge in [0.05, 0.1) is 22.1 Å². The molecule has 0 aliphatic heterocycles.